The molecule has 0 saturated carbocycles. The van der Waals surface area contributed by atoms with Gasteiger partial charge in [-0.3, -0.25) is 4.79 Å². The Balaban J connectivity index is 1.51. The molecular formula is C22H35N3O5S. The predicted octanol–water partition coefficient (Wildman–Crippen LogP) is 2.05. The summed E-state index contributed by atoms with van der Waals surface area (Å²) in [6.45, 7) is 4.54. The van der Waals surface area contributed by atoms with Crippen LogP contribution in [0.25, 0.3) is 0 Å². The smallest absolute Gasteiger partial charge is 0.281 e. The van der Waals surface area contributed by atoms with Gasteiger partial charge in [0.15, 0.2) is 11.5 Å². The summed E-state index contributed by atoms with van der Waals surface area (Å²) in [5.41, 5.74) is 1.03. The summed E-state index contributed by atoms with van der Waals surface area (Å²) >= 11 is 0. The second-order valence-corrected chi connectivity index (χ2v) is 10.4. The van der Waals surface area contributed by atoms with Crippen molar-refractivity contribution < 1.29 is 22.7 Å². The number of nitrogens with one attached hydrogen (secondary N) is 1. The Morgan fingerprint density at radius 1 is 1.06 bits per heavy atom. The summed E-state index contributed by atoms with van der Waals surface area (Å²) in [5, 5.41) is 2.98. The van der Waals surface area contributed by atoms with Gasteiger partial charge in [-0.25, -0.2) is 0 Å². The quantitative estimate of drug-likeness (QED) is 0.651. The molecule has 1 atom stereocenters. The van der Waals surface area contributed by atoms with Crippen molar-refractivity contribution in [2.45, 2.75) is 39.0 Å². The highest BCUT2D eigenvalue weighted by Crippen LogP contribution is 2.28. The Hall–Kier alpha value is -1.84. The molecule has 0 aliphatic carbocycles. The van der Waals surface area contributed by atoms with Crippen molar-refractivity contribution in [2.24, 2.45) is 11.8 Å². The SMILES string of the molecule is COc1ccc(CCNC(=O)[C@H]2CCCN(S(=O)(=O)N3CCC(C)CC3)C2)cc1OC. The molecule has 1 aromatic carbocycles. The Labute approximate surface area is 186 Å². The molecule has 0 spiro atoms. The van der Waals surface area contributed by atoms with Gasteiger partial charge >= 0.3 is 0 Å². The second kappa shape index (κ2) is 10.7. The largest absolute Gasteiger partial charge is 0.493 e. The maximum absolute atomic E-state index is 13.0. The summed E-state index contributed by atoms with van der Waals surface area (Å²) in [4.78, 5) is 12.7. The van der Waals surface area contributed by atoms with Crippen molar-refractivity contribution in [3.05, 3.63) is 23.8 Å². The van der Waals surface area contributed by atoms with Crippen molar-refractivity contribution in [3.8, 4) is 11.5 Å². The van der Waals surface area contributed by atoms with Crippen LogP contribution < -0.4 is 14.8 Å². The first kappa shape index (κ1) is 23.8. The van der Waals surface area contributed by atoms with Gasteiger partial charge in [0.1, 0.15) is 0 Å². The Morgan fingerprint density at radius 2 is 1.77 bits per heavy atom. The van der Waals surface area contributed by atoms with Crippen LogP contribution in [0.4, 0.5) is 0 Å². The van der Waals surface area contributed by atoms with E-state index in [1.54, 1.807) is 18.5 Å². The third-order valence-electron chi connectivity index (χ3n) is 6.31. The van der Waals surface area contributed by atoms with E-state index in [4.69, 9.17) is 9.47 Å². The van der Waals surface area contributed by atoms with Crippen LogP contribution in [0.5, 0.6) is 11.5 Å². The topological polar surface area (TPSA) is 88.2 Å². The molecule has 2 aliphatic heterocycles. The molecule has 0 radical (unpaired) electrons. The molecule has 1 aromatic rings. The molecule has 174 valence electrons. The number of nitrogens with zero attached hydrogens (tertiary/aromatic N) is 2. The molecule has 3 rings (SSSR count). The van der Waals surface area contributed by atoms with Crippen LogP contribution in [-0.2, 0) is 21.4 Å². The monoisotopic (exact) mass is 453 g/mol. The van der Waals surface area contributed by atoms with Gasteiger partial charge in [0.25, 0.3) is 10.2 Å². The molecule has 0 aromatic heterocycles. The van der Waals surface area contributed by atoms with E-state index in [1.807, 2.05) is 18.2 Å². The first-order valence-electron chi connectivity index (χ1n) is 11.1. The number of carbonyl (C=O) groups is 1. The minimum Gasteiger partial charge on any atom is -0.493 e. The molecule has 9 heteroatoms. The first-order valence-corrected chi connectivity index (χ1v) is 12.5. The van der Waals surface area contributed by atoms with E-state index >= 15 is 0 Å². The van der Waals surface area contributed by atoms with Gasteiger partial charge < -0.3 is 14.8 Å². The lowest BCUT2D eigenvalue weighted by molar-refractivity contribution is -0.126. The molecule has 0 bridgehead atoms. The van der Waals surface area contributed by atoms with Crippen molar-refractivity contribution in [1.82, 2.24) is 13.9 Å². The fourth-order valence-corrected chi connectivity index (χ4v) is 5.98. The number of amides is 1. The van der Waals surface area contributed by atoms with E-state index in [-0.39, 0.29) is 18.4 Å². The molecule has 2 aliphatic rings. The van der Waals surface area contributed by atoms with Gasteiger partial charge in [-0.1, -0.05) is 13.0 Å². The first-order chi connectivity index (χ1) is 14.8. The van der Waals surface area contributed by atoms with Gasteiger partial charge in [0.2, 0.25) is 5.91 Å². The third-order valence-corrected chi connectivity index (χ3v) is 8.31. The number of piperidine rings is 2. The number of methoxy groups -OCH3 is 2. The van der Waals surface area contributed by atoms with Crippen molar-refractivity contribution in [3.63, 3.8) is 0 Å². The Kier molecular flexibility index (Phi) is 8.18. The lowest BCUT2D eigenvalue weighted by atomic mass is 9.99. The van der Waals surface area contributed by atoms with Gasteiger partial charge in [0, 0.05) is 32.7 Å². The minimum atomic E-state index is -3.49. The van der Waals surface area contributed by atoms with Crippen LogP contribution in [-0.4, -0.2) is 69.9 Å². The molecule has 31 heavy (non-hydrogen) atoms. The number of carbonyl (C=O) groups excluding carboxylic acids is 1. The van der Waals surface area contributed by atoms with Crippen molar-refractivity contribution in [2.75, 3.05) is 46.9 Å². The number of benzene rings is 1. The van der Waals surface area contributed by atoms with Gasteiger partial charge in [0.05, 0.1) is 20.1 Å². The van der Waals surface area contributed by atoms with Gasteiger partial charge in [-0.15, -0.1) is 0 Å². The molecule has 2 heterocycles. The highest BCUT2D eigenvalue weighted by atomic mass is 32.2. The van der Waals surface area contributed by atoms with Gasteiger partial charge in [-0.05, 0) is 55.7 Å². The number of hydrogen-bond acceptors (Lipinski definition) is 5. The van der Waals surface area contributed by atoms with E-state index < -0.39 is 10.2 Å². The molecule has 2 saturated heterocycles. The fraction of sp³-hybridized carbons (Fsp3) is 0.682. The van der Waals surface area contributed by atoms with E-state index in [1.165, 1.54) is 4.31 Å². The molecule has 2 fully saturated rings. The highest BCUT2D eigenvalue weighted by Gasteiger charge is 2.36. The third kappa shape index (κ3) is 5.90. The maximum Gasteiger partial charge on any atom is 0.281 e. The predicted molar refractivity (Wildman–Crippen MR) is 119 cm³/mol. The number of rotatable bonds is 8. The molecule has 1 amide bonds. The van der Waals surface area contributed by atoms with Crippen LogP contribution in [0, 0.1) is 11.8 Å². The minimum absolute atomic E-state index is 0.0763. The van der Waals surface area contributed by atoms with Crippen molar-refractivity contribution in [1.29, 1.82) is 0 Å². The second-order valence-electron chi connectivity index (χ2n) is 8.52. The van der Waals surface area contributed by atoms with E-state index in [2.05, 4.69) is 12.2 Å². The van der Waals surface area contributed by atoms with Crippen molar-refractivity contribution >= 4 is 16.1 Å². The highest BCUT2D eigenvalue weighted by molar-refractivity contribution is 7.86. The summed E-state index contributed by atoms with van der Waals surface area (Å²) in [7, 11) is -0.303. The summed E-state index contributed by atoms with van der Waals surface area (Å²) in [5.74, 6) is 1.51. The average molecular weight is 454 g/mol. The van der Waals surface area contributed by atoms with Crippen LogP contribution in [0.1, 0.15) is 38.2 Å². The Morgan fingerprint density at radius 3 is 2.45 bits per heavy atom. The average Bonchev–Trinajstić information content (AvgIpc) is 2.79. The molecule has 8 nitrogen and oxygen atoms in total. The van der Waals surface area contributed by atoms with E-state index in [0.29, 0.717) is 62.9 Å². The summed E-state index contributed by atoms with van der Waals surface area (Å²) < 4.78 is 39.7. The van der Waals surface area contributed by atoms with Crippen LogP contribution in [0.2, 0.25) is 0 Å². The zero-order chi connectivity index (χ0) is 22.4. The zero-order valence-corrected chi connectivity index (χ0v) is 19.6. The molecule has 0 unspecified atom stereocenters. The lowest BCUT2D eigenvalue weighted by Crippen LogP contribution is -2.52. The molecule has 1 N–H and O–H groups in total. The van der Waals surface area contributed by atoms with E-state index in [9.17, 15) is 13.2 Å². The molecular weight excluding hydrogens is 418 g/mol. The van der Waals surface area contributed by atoms with Crippen LogP contribution >= 0.6 is 0 Å². The Bertz CT molecular complexity index is 853. The normalized spacial score (nSPS) is 21.6. The van der Waals surface area contributed by atoms with Crippen LogP contribution in [0.3, 0.4) is 0 Å². The zero-order valence-electron chi connectivity index (χ0n) is 18.8. The fourth-order valence-electron chi connectivity index (χ4n) is 4.26. The van der Waals surface area contributed by atoms with Crippen LogP contribution in [0.15, 0.2) is 18.2 Å². The maximum atomic E-state index is 13.0. The number of hydrogen-bond donors (Lipinski definition) is 1. The van der Waals surface area contributed by atoms with Gasteiger partial charge in [-0.2, -0.15) is 17.0 Å². The summed E-state index contributed by atoms with van der Waals surface area (Å²) in [6.07, 6.45) is 3.87. The standard InChI is InChI=1S/C22H35N3O5S/c1-17-9-13-24(14-10-17)31(27,28)25-12-4-5-19(16-25)22(26)23-11-8-18-6-7-20(29-2)21(15-18)30-3/h6-7,15,17,19H,4-5,8-14,16H2,1-3H3,(H,23,26)/t19-/m0/s1. The number of ether oxygens (including phenoxy) is 2. The van der Waals surface area contributed by atoms with E-state index in [0.717, 1.165) is 18.4 Å². The summed E-state index contributed by atoms with van der Waals surface area (Å²) in [6, 6.07) is 5.70. The lowest BCUT2D eigenvalue weighted by Gasteiger charge is -2.37.